The fraction of sp³-hybridized carbons (Fsp3) is 0.588. The first-order chi connectivity index (χ1) is 11.9. The molecule has 0 atom stereocenters. The lowest BCUT2D eigenvalue weighted by Crippen LogP contribution is -2.37. The van der Waals surface area contributed by atoms with Crippen molar-refractivity contribution in [3.05, 3.63) is 23.8 Å². The van der Waals surface area contributed by atoms with E-state index in [9.17, 15) is 13.2 Å². The molecule has 1 aliphatic carbocycles. The van der Waals surface area contributed by atoms with Crippen LogP contribution >= 0.6 is 0 Å². The van der Waals surface area contributed by atoms with Crippen molar-refractivity contribution in [1.29, 1.82) is 0 Å². The quantitative estimate of drug-likeness (QED) is 0.791. The molecule has 1 aromatic carbocycles. The number of amides is 1. The molecule has 0 bridgehead atoms. The first-order valence-electron chi connectivity index (χ1n) is 8.55. The Morgan fingerprint density at radius 2 is 1.96 bits per heavy atom. The molecule has 1 aromatic rings. The molecule has 0 spiro atoms. The monoisotopic (exact) mass is 368 g/mol. The molecule has 0 unspecified atom stereocenters. The van der Waals surface area contributed by atoms with Gasteiger partial charge in [-0.05, 0) is 30.5 Å². The minimum absolute atomic E-state index is 0.0914. The fourth-order valence-electron chi connectivity index (χ4n) is 3.20. The number of fused-ring (bicyclic) bond motifs is 1. The van der Waals surface area contributed by atoms with Gasteiger partial charge in [0.2, 0.25) is 22.7 Å². The van der Waals surface area contributed by atoms with Gasteiger partial charge in [0, 0.05) is 25.6 Å². The van der Waals surface area contributed by atoms with Crippen molar-refractivity contribution in [1.82, 2.24) is 9.62 Å². The maximum atomic E-state index is 12.1. The minimum atomic E-state index is -3.42. The highest BCUT2D eigenvalue weighted by Gasteiger charge is 2.22. The van der Waals surface area contributed by atoms with E-state index in [1.807, 2.05) is 6.07 Å². The Morgan fingerprint density at radius 1 is 1.24 bits per heavy atom. The zero-order chi connectivity index (χ0) is 17.9. The summed E-state index contributed by atoms with van der Waals surface area (Å²) in [5.74, 6) is 1.18. The van der Waals surface area contributed by atoms with Crippen LogP contribution in [-0.4, -0.2) is 44.3 Å². The number of carbonyl (C=O) groups is 1. The lowest BCUT2D eigenvalue weighted by atomic mass is 10.2. The Balaban J connectivity index is 1.59. The predicted molar refractivity (Wildman–Crippen MR) is 92.8 cm³/mol. The van der Waals surface area contributed by atoms with Crippen LogP contribution in [0, 0.1) is 0 Å². The van der Waals surface area contributed by atoms with Crippen molar-refractivity contribution >= 4 is 15.9 Å². The van der Waals surface area contributed by atoms with Gasteiger partial charge in [0.05, 0.1) is 6.26 Å². The summed E-state index contributed by atoms with van der Waals surface area (Å²) < 4.78 is 36.0. The number of sulfonamides is 1. The molecule has 3 rings (SSSR count). The lowest BCUT2D eigenvalue weighted by molar-refractivity contribution is -0.121. The molecule has 1 saturated carbocycles. The highest BCUT2D eigenvalue weighted by Crippen LogP contribution is 2.33. The third kappa shape index (κ3) is 4.85. The summed E-state index contributed by atoms with van der Waals surface area (Å²) >= 11 is 0. The number of benzene rings is 1. The molecule has 8 heteroatoms. The second kappa shape index (κ2) is 7.61. The summed E-state index contributed by atoms with van der Waals surface area (Å²) in [4.78, 5) is 12.1. The van der Waals surface area contributed by atoms with E-state index >= 15 is 0 Å². The summed E-state index contributed by atoms with van der Waals surface area (Å²) in [5, 5.41) is 2.99. The summed E-state index contributed by atoms with van der Waals surface area (Å²) in [7, 11) is -3.42. The van der Waals surface area contributed by atoms with Crippen LogP contribution < -0.4 is 14.8 Å². The Hall–Kier alpha value is -1.80. The molecule has 2 aliphatic rings. The maximum Gasteiger partial charge on any atom is 0.231 e. The minimum Gasteiger partial charge on any atom is -0.454 e. The van der Waals surface area contributed by atoms with Crippen molar-refractivity contribution in [3.63, 3.8) is 0 Å². The first kappa shape index (κ1) is 18.0. The molecular weight excluding hydrogens is 344 g/mol. The fourth-order valence-corrected chi connectivity index (χ4v) is 4.01. The van der Waals surface area contributed by atoms with E-state index in [-0.39, 0.29) is 38.3 Å². The number of nitrogens with zero attached hydrogens (tertiary/aromatic N) is 1. The van der Waals surface area contributed by atoms with Gasteiger partial charge in [0.15, 0.2) is 11.5 Å². The van der Waals surface area contributed by atoms with E-state index in [4.69, 9.17) is 9.47 Å². The zero-order valence-corrected chi connectivity index (χ0v) is 15.2. The van der Waals surface area contributed by atoms with Crippen molar-refractivity contribution in [2.24, 2.45) is 0 Å². The van der Waals surface area contributed by atoms with Gasteiger partial charge in [0.25, 0.3) is 0 Å². The SMILES string of the molecule is CS(=O)(=O)N(CCC(=O)NC1CCCC1)Cc1ccc2c(c1)OCO2. The number of carbonyl (C=O) groups excluding carboxylic acids is 1. The number of hydrogen-bond acceptors (Lipinski definition) is 5. The second-order valence-electron chi connectivity index (χ2n) is 6.58. The summed E-state index contributed by atoms with van der Waals surface area (Å²) in [6.07, 6.45) is 5.63. The molecule has 1 heterocycles. The molecule has 1 N–H and O–H groups in total. The topological polar surface area (TPSA) is 84.9 Å². The largest absolute Gasteiger partial charge is 0.454 e. The third-order valence-corrected chi connectivity index (χ3v) is 5.82. The molecule has 0 radical (unpaired) electrons. The Kier molecular flexibility index (Phi) is 5.48. The Bertz CT molecular complexity index is 729. The van der Waals surface area contributed by atoms with E-state index in [2.05, 4.69) is 5.32 Å². The van der Waals surface area contributed by atoms with E-state index in [0.717, 1.165) is 37.5 Å². The highest BCUT2D eigenvalue weighted by atomic mass is 32.2. The normalized spacial score (nSPS) is 17.2. The van der Waals surface area contributed by atoms with Crippen LogP contribution in [0.25, 0.3) is 0 Å². The number of nitrogens with one attached hydrogen (secondary N) is 1. The standard InChI is InChI=1S/C17H24N2O5S/c1-25(21,22)19(9-8-17(20)18-14-4-2-3-5-14)11-13-6-7-15-16(10-13)24-12-23-15/h6-7,10,14H,2-5,8-9,11-12H2,1H3,(H,18,20). The molecule has 25 heavy (non-hydrogen) atoms. The second-order valence-corrected chi connectivity index (χ2v) is 8.57. The van der Waals surface area contributed by atoms with Gasteiger partial charge in [-0.2, -0.15) is 4.31 Å². The maximum absolute atomic E-state index is 12.1. The van der Waals surface area contributed by atoms with Crippen molar-refractivity contribution in [2.75, 3.05) is 19.6 Å². The van der Waals surface area contributed by atoms with E-state index < -0.39 is 10.0 Å². The molecule has 0 aromatic heterocycles. The highest BCUT2D eigenvalue weighted by molar-refractivity contribution is 7.88. The van der Waals surface area contributed by atoms with E-state index in [0.29, 0.717) is 11.5 Å². The third-order valence-electron chi connectivity index (χ3n) is 4.57. The molecule has 1 aliphatic heterocycles. The van der Waals surface area contributed by atoms with Crippen LogP contribution in [0.1, 0.15) is 37.7 Å². The average molecular weight is 368 g/mol. The van der Waals surface area contributed by atoms with E-state index in [1.165, 1.54) is 4.31 Å². The molecule has 7 nitrogen and oxygen atoms in total. The molecule has 0 saturated heterocycles. The Labute approximate surface area is 148 Å². The van der Waals surface area contributed by atoms with Gasteiger partial charge in [-0.1, -0.05) is 18.9 Å². The number of hydrogen-bond donors (Lipinski definition) is 1. The smallest absolute Gasteiger partial charge is 0.231 e. The van der Waals surface area contributed by atoms with Gasteiger partial charge in [-0.15, -0.1) is 0 Å². The summed E-state index contributed by atoms with van der Waals surface area (Å²) in [6.45, 7) is 0.536. The van der Waals surface area contributed by atoms with Crippen molar-refractivity contribution in [2.45, 2.75) is 44.7 Å². The number of ether oxygens (including phenoxy) is 2. The van der Waals surface area contributed by atoms with Crippen molar-refractivity contribution < 1.29 is 22.7 Å². The molecule has 1 amide bonds. The van der Waals surface area contributed by atoms with Crippen LogP contribution in [0.15, 0.2) is 18.2 Å². The number of rotatable bonds is 7. The summed E-state index contributed by atoms with van der Waals surface area (Å²) in [6, 6.07) is 5.60. The van der Waals surface area contributed by atoms with Crippen LogP contribution in [0.2, 0.25) is 0 Å². The molecule has 138 valence electrons. The Morgan fingerprint density at radius 3 is 2.68 bits per heavy atom. The van der Waals surface area contributed by atoms with Crippen LogP contribution in [0.5, 0.6) is 11.5 Å². The van der Waals surface area contributed by atoms with Gasteiger partial charge in [-0.25, -0.2) is 8.42 Å². The average Bonchev–Trinajstić information content (AvgIpc) is 3.20. The lowest BCUT2D eigenvalue weighted by Gasteiger charge is -2.20. The predicted octanol–water partition coefficient (Wildman–Crippen LogP) is 1.63. The zero-order valence-electron chi connectivity index (χ0n) is 14.4. The summed E-state index contributed by atoms with van der Waals surface area (Å²) in [5.41, 5.74) is 0.797. The van der Waals surface area contributed by atoms with E-state index in [1.54, 1.807) is 12.1 Å². The van der Waals surface area contributed by atoms with Crippen LogP contribution in [0.3, 0.4) is 0 Å². The molecular formula is C17H24N2O5S. The van der Waals surface area contributed by atoms with Crippen LogP contribution in [-0.2, 0) is 21.4 Å². The molecule has 1 fully saturated rings. The van der Waals surface area contributed by atoms with Gasteiger partial charge in [-0.3, -0.25) is 4.79 Å². The first-order valence-corrected chi connectivity index (χ1v) is 10.4. The van der Waals surface area contributed by atoms with Gasteiger partial charge >= 0.3 is 0 Å². The van der Waals surface area contributed by atoms with Crippen molar-refractivity contribution in [3.8, 4) is 11.5 Å². The van der Waals surface area contributed by atoms with Crippen LogP contribution in [0.4, 0.5) is 0 Å². The van der Waals surface area contributed by atoms with Gasteiger partial charge in [0.1, 0.15) is 0 Å². The van der Waals surface area contributed by atoms with Gasteiger partial charge < -0.3 is 14.8 Å².